The van der Waals surface area contributed by atoms with Gasteiger partial charge in [-0.15, -0.1) is 11.3 Å². The van der Waals surface area contributed by atoms with Gasteiger partial charge in [-0.25, -0.2) is 27.8 Å². The molecule has 0 aliphatic carbocycles. The largest absolute Gasteiger partial charge is 0.466 e. The van der Waals surface area contributed by atoms with Gasteiger partial charge in [0.15, 0.2) is 22.5 Å². The second-order valence-corrected chi connectivity index (χ2v) is 12.2. The van der Waals surface area contributed by atoms with Gasteiger partial charge < -0.3 is 14.5 Å². The van der Waals surface area contributed by atoms with Gasteiger partial charge in [-0.2, -0.15) is 0 Å². The summed E-state index contributed by atoms with van der Waals surface area (Å²) in [5, 5.41) is 6.98. The lowest BCUT2D eigenvalue weighted by atomic mass is 9.97. The lowest BCUT2D eigenvalue weighted by molar-refractivity contribution is -0.134. The van der Waals surface area contributed by atoms with Gasteiger partial charge in [-0.05, 0) is 25.0 Å². The van der Waals surface area contributed by atoms with Gasteiger partial charge in [0, 0.05) is 55.0 Å². The SMILES string of the molecule is CS(=O)(=O)c1nccnc1OCC(=O)N1CCC(c2nc(C3=NOC(c4c(F)cccc4Cl)C3)cs2)CC1. The number of likely N-dealkylation sites (tertiary alicyclic amines) is 1. The second kappa shape index (κ2) is 10.9. The van der Waals surface area contributed by atoms with E-state index in [2.05, 4.69) is 15.1 Å². The average molecular weight is 580 g/mol. The number of carbonyl (C=O) groups is 1. The molecule has 0 spiro atoms. The highest BCUT2D eigenvalue weighted by Crippen LogP contribution is 2.37. The fourth-order valence-corrected chi connectivity index (χ4v) is 6.34. The molecule has 0 radical (unpaired) electrons. The van der Waals surface area contributed by atoms with Gasteiger partial charge in [-0.1, -0.05) is 22.8 Å². The molecular weight excluding hydrogens is 557 g/mol. The summed E-state index contributed by atoms with van der Waals surface area (Å²) in [7, 11) is -3.64. The van der Waals surface area contributed by atoms with E-state index in [9.17, 15) is 17.6 Å². The lowest BCUT2D eigenvalue weighted by Crippen LogP contribution is -2.40. The van der Waals surface area contributed by atoms with Gasteiger partial charge in [-0.3, -0.25) is 4.79 Å². The Morgan fingerprint density at radius 2 is 2.03 bits per heavy atom. The molecule has 0 N–H and O–H groups in total. The van der Waals surface area contributed by atoms with E-state index in [4.69, 9.17) is 26.2 Å². The summed E-state index contributed by atoms with van der Waals surface area (Å²) >= 11 is 7.69. The normalized spacial score (nSPS) is 18.2. The predicted molar refractivity (Wildman–Crippen MR) is 138 cm³/mol. The highest BCUT2D eigenvalue weighted by molar-refractivity contribution is 7.90. The third-order valence-electron chi connectivity index (χ3n) is 6.32. The summed E-state index contributed by atoms with van der Waals surface area (Å²) < 4.78 is 43.4. The molecule has 38 heavy (non-hydrogen) atoms. The fraction of sp³-hybridized carbons (Fsp3) is 0.375. The summed E-state index contributed by atoms with van der Waals surface area (Å²) in [4.78, 5) is 32.3. The summed E-state index contributed by atoms with van der Waals surface area (Å²) in [6.45, 7) is 0.693. The molecule has 0 saturated carbocycles. The van der Waals surface area contributed by atoms with E-state index in [-0.39, 0.29) is 34.9 Å². The van der Waals surface area contributed by atoms with Crippen LogP contribution in [0.15, 0.2) is 46.2 Å². The molecule has 1 unspecified atom stereocenters. The Hall–Kier alpha value is -3.16. The fourth-order valence-electron chi connectivity index (χ4n) is 4.37. The number of aromatic nitrogens is 3. The van der Waals surface area contributed by atoms with Crippen LogP contribution in [0.5, 0.6) is 5.88 Å². The van der Waals surface area contributed by atoms with Gasteiger partial charge in [0.2, 0.25) is 5.03 Å². The Bertz CT molecular complexity index is 1470. The van der Waals surface area contributed by atoms with E-state index in [0.717, 1.165) is 24.1 Å². The number of hydrogen-bond donors (Lipinski definition) is 0. The zero-order valence-corrected chi connectivity index (χ0v) is 22.6. The van der Waals surface area contributed by atoms with Crippen LogP contribution in [0.1, 0.15) is 47.5 Å². The Labute approximate surface area is 227 Å². The monoisotopic (exact) mass is 579 g/mol. The molecule has 10 nitrogen and oxygen atoms in total. The number of sulfone groups is 1. The number of nitrogens with zero attached hydrogens (tertiary/aromatic N) is 5. The number of ether oxygens (including phenoxy) is 1. The maximum atomic E-state index is 14.3. The second-order valence-electron chi connectivity index (χ2n) is 8.93. The van der Waals surface area contributed by atoms with Crippen molar-refractivity contribution in [3.63, 3.8) is 0 Å². The molecule has 1 saturated heterocycles. The molecule has 1 fully saturated rings. The molecule has 2 aliphatic rings. The van der Waals surface area contributed by atoms with E-state index in [0.29, 0.717) is 35.9 Å². The summed E-state index contributed by atoms with van der Waals surface area (Å²) in [6.07, 6.45) is 4.76. The molecular formula is C24H23ClFN5O5S2. The number of amides is 1. The number of carbonyl (C=O) groups excluding carboxylic acids is 1. The number of oxime groups is 1. The minimum absolute atomic E-state index is 0.176. The van der Waals surface area contributed by atoms with E-state index in [1.807, 2.05) is 5.38 Å². The van der Waals surface area contributed by atoms with Gasteiger partial charge in [0.05, 0.1) is 15.7 Å². The first-order chi connectivity index (χ1) is 18.2. The molecule has 2 aromatic heterocycles. The zero-order valence-electron chi connectivity index (χ0n) is 20.2. The summed E-state index contributed by atoms with van der Waals surface area (Å²) in [5.74, 6) is -0.706. The number of rotatable bonds is 7. The highest BCUT2D eigenvalue weighted by atomic mass is 35.5. The Morgan fingerprint density at radius 1 is 1.26 bits per heavy atom. The molecule has 5 rings (SSSR count). The zero-order chi connectivity index (χ0) is 26.9. The van der Waals surface area contributed by atoms with E-state index in [1.54, 1.807) is 17.0 Å². The van der Waals surface area contributed by atoms with Crippen molar-refractivity contribution in [2.24, 2.45) is 5.16 Å². The topological polar surface area (TPSA) is 124 Å². The van der Waals surface area contributed by atoms with Crippen LogP contribution in [-0.2, 0) is 19.5 Å². The van der Waals surface area contributed by atoms with Crippen LogP contribution in [0.4, 0.5) is 4.39 Å². The van der Waals surface area contributed by atoms with Gasteiger partial charge >= 0.3 is 0 Å². The third-order valence-corrected chi connectivity index (χ3v) is 8.64. The molecule has 200 valence electrons. The van der Waals surface area contributed by atoms with Crippen molar-refractivity contribution in [2.45, 2.75) is 36.3 Å². The van der Waals surface area contributed by atoms with Crippen LogP contribution in [0.3, 0.4) is 0 Å². The summed E-state index contributed by atoms with van der Waals surface area (Å²) in [6, 6.07) is 4.51. The molecule has 14 heteroatoms. The molecule has 1 amide bonds. The molecule has 3 aromatic rings. The van der Waals surface area contributed by atoms with Crippen LogP contribution in [-0.4, -0.2) is 65.8 Å². The first-order valence-electron chi connectivity index (χ1n) is 11.7. The number of thiazole rings is 1. The van der Waals surface area contributed by atoms with E-state index < -0.39 is 21.8 Å². The molecule has 0 bridgehead atoms. The predicted octanol–water partition coefficient (Wildman–Crippen LogP) is 3.78. The lowest BCUT2D eigenvalue weighted by Gasteiger charge is -2.31. The Morgan fingerprint density at radius 3 is 2.76 bits per heavy atom. The smallest absolute Gasteiger partial charge is 0.260 e. The van der Waals surface area contributed by atoms with Crippen LogP contribution < -0.4 is 4.74 Å². The average Bonchev–Trinajstić information content (AvgIpc) is 3.57. The van der Waals surface area contributed by atoms with Crippen molar-refractivity contribution in [3.05, 3.63) is 63.1 Å². The van der Waals surface area contributed by atoms with E-state index in [1.165, 1.54) is 29.8 Å². The highest BCUT2D eigenvalue weighted by Gasteiger charge is 2.31. The van der Waals surface area contributed by atoms with Crippen LogP contribution in [0.25, 0.3) is 0 Å². The number of piperidine rings is 1. The molecule has 2 aliphatic heterocycles. The van der Waals surface area contributed by atoms with Crippen molar-refractivity contribution in [1.82, 2.24) is 19.9 Å². The minimum atomic E-state index is -3.64. The maximum absolute atomic E-state index is 14.3. The van der Waals surface area contributed by atoms with Crippen LogP contribution >= 0.6 is 22.9 Å². The first kappa shape index (κ1) is 26.4. The van der Waals surface area contributed by atoms with Crippen LogP contribution in [0.2, 0.25) is 5.02 Å². The Balaban J connectivity index is 1.15. The number of halogens is 2. The van der Waals surface area contributed by atoms with Crippen molar-refractivity contribution < 1.29 is 27.2 Å². The third kappa shape index (κ3) is 5.64. The van der Waals surface area contributed by atoms with Gasteiger partial charge in [0.25, 0.3) is 11.8 Å². The first-order valence-corrected chi connectivity index (χ1v) is 14.9. The molecule has 1 atom stereocenters. The Kier molecular flexibility index (Phi) is 7.59. The number of benzene rings is 1. The van der Waals surface area contributed by atoms with Crippen molar-refractivity contribution in [2.75, 3.05) is 26.0 Å². The van der Waals surface area contributed by atoms with Crippen molar-refractivity contribution in [1.29, 1.82) is 0 Å². The standard InChI is InChI=1S/C24H23ClFN5O5S2/c1-38(33,34)24-22(27-7-8-28-24)35-12-20(32)31-9-5-14(6-10-31)23-29-18(13-37-23)17-11-19(36-30-17)21-15(25)3-2-4-16(21)26/h2-4,7-8,13-14,19H,5-6,9-12H2,1H3. The van der Waals surface area contributed by atoms with Crippen molar-refractivity contribution >= 4 is 44.4 Å². The maximum Gasteiger partial charge on any atom is 0.260 e. The van der Waals surface area contributed by atoms with Gasteiger partial charge in [0.1, 0.15) is 11.5 Å². The van der Waals surface area contributed by atoms with Crippen LogP contribution in [0, 0.1) is 5.82 Å². The molecule has 4 heterocycles. The summed E-state index contributed by atoms with van der Waals surface area (Å²) in [5.41, 5.74) is 1.62. The van der Waals surface area contributed by atoms with Crippen molar-refractivity contribution in [3.8, 4) is 5.88 Å². The van der Waals surface area contributed by atoms with E-state index >= 15 is 0 Å². The number of hydrogen-bond acceptors (Lipinski definition) is 10. The minimum Gasteiger partial charge on any atom is -0.466 e. The quantitative estimate of drug-likeness (QED) is 0.414. The molecule has 1 aromatic carbocycles.